The lowest BCUT2D eigenvalue weighted by atomic mass is 9.88. The maximum atomic E-state index is 13.3. The van der Waals surface area contributed by atoms with Crippen molar-refractivity contribution in [2.24, 2.45) is 47.3 Å². The number of aryl methyl sites for hydroxylation is 9. The zero-order chi connectivity index (χ0) is 98.6. The van der Waals surface area contributed by atoms with Crippen LogP contribution >= 0.6 is 11.6 Å². The van der Waals surface area contributed by atoms with Gasteiger partial charge in [0.2, 0.25) is 23.6 Å². The van der Waals surface area contributed by atoms with Crippen molar-refractivity contribution in [2.45, 2.75) is 258 Å². The highest BCUT2D eigenvalue weighted by Crippen LogP contribution is 2.43. The molecule has 0 spiro atoms. The molecule has 754 valence electrons. The van der Waals surface area contributed by atoms with Crippen LogP contribution in [0, 0.1) is 54.3 Å². The maximum Gasteiger partial charge on any atom is 0.325 e. The summed E-state index contributed by atoms with van der Waals surface area (Å²) in [6.45, 7) is 23.2. The van der Waals surface area contributed by atoms with Crippen molar-refractivity contribution >= 4 is 64.4 Å². The van der Waals surface area contributed by atoms with Gasteiger partial charge in [-0.3, -0.25) is 72.9 Å². The van der Waals surface area contributed by atoms with E-state index in [2.05, 4.69) is 78.3 Å². The summed E-state index contributed by atoms with van der Waals surface area (Å²) in [6.07, 6.45) is 31.6. The summed E-state index contributed by atoms with van der Waals surface area (Å²) in [5.74, 6) is 5.06. The van der Waals surface area contributed by atoms with Crippen LogP contribution in [0.4, 0.5) is 5.82 Å². The van der Waals surface area contributed by atoms with Gasteiger partial charge in [-0.25, -0.2) is 4.98 Å². The van der Waals surface area contributed by atoms with E-state index in [1.54, 1.807) is 20.8 Å². The molecular weight excluding hydrogens is 1800 g/mol. The SMILES string of the molecule is CC(=O)C(c1ccccc1Cl)N1CC(C(=O)N2CCC(Cc3ccc4c(n3)CCCC4)CC2)C1.CC(=O)C(c1ccccc1OC(C)C)N1CC(C(=O)N2CC[C@@H](CCc3ccc4c(n3)CCCC4)C2)C1.CC(=O)C(c1ccccc1OC1CC1)N1CC(C(=O)N2CCC(Cc3ccc4c(n3)CCCC4)CC2)C1.Cc1ccc(C(C(=O)O)N2CC(C(=O)N3CCC(Cc4ccc5c(n4)NCCC5)CC3)C2)cc1. The Hall–Kier alpha value is -10.6. The van der Waals surface area contributed by atoms with Crippen LogP contribution in [-0.2, 0) is 109 Å². The minimum Gasteiger partial charge on any atom is -0.491 e. The lowest BCUT2D eigenvalue weighted by molar-refractivity contribution is -0.153. The van der Waals surface area contributed by atoms with Crippen molar-refractivity contribution in [3.05, 3.63) is 241 Å². The molecule has 142 heavy (non-hydrogen) atoms. The molecule has 8 aromatic rings. The normalized spacial score (nSPS) is 20.9. The number of aromatic nitrogens is 4. The van der Waals surface area contributed by atoms with Gasteiger partial charge >= 0.3 is 5.97 Å². The number of hydrogen-bond donors (Lipinski definition) is 2. The number of ether oxygens (including phenoxy) is 2. The first-order valence-electron chi connectivity index (χ1n) is 53.7. The van der Waals surface area contributed by atoms with Gasteiger partial charge in [0.25, 0.3) is 0 Å². The number of fused-ring (bicyclic) bond motifs is 4. The number of nitrogens with one attached hydrogen (secondary N) is 1. The molecule has 21 rings (SSSR count). The number of aliphatic carboxylic acids is 1. The number of benzene rings is 4. The predicted molar refractivity (Wildman–Crippen MR) is 552 cm³/mol. The van der Waals surface area contributed by atoms with E-state index in [4.69, 9.17) is 41.0 Å². The van der Waals surface area contributed by atoms with Crippen LogP contribution in [0.5, 0.6) is 11.5 Å². The monoisotopic (exact) mass is 1950 g/mol. The quantitative estimate of drug-likeness (QED) is 0.0441. The molecule has 8 saturated heterocycles. The van der Waals surface area contributed by atoms with Gasteiger partial charge in [0.05, 0.1) is 54.0 Å². The van der Waals surface area contributed by atoms with Crippen LogP contribution in [0.15, 0.2) is 146 Å². The smallest absolute Gasteiger partial charge is 0.325 e. The molecule has 4 amide bonds. The number of rotatable bonds is 29. The summed E-state index contributed by atoms with van der Waals surface area (Å²) in [5.41, 5.74) is 18.9. The summed E-state index contributed by atoms with van der Waals surface area (Å²) in [7, 11) is 0. The van der Waals surface area contributed by atoms with Gasteiger partial charge in [0.15, 0.2) is 17.3 Å². The third-order valence-electron chi connectivity index (χ3n) is 32.4. The highest BCUT2D eigenvalue weighted by atomic mass is 35.5. The van der Waals surface area contributed by atoms with E-state index >= 15 is 0 Å². The average molecular weight is 1950 g/mol. The molecule has 1 saturated carbocycles. The third-order valence-corrected chi connectivity index (χ3v) is 32.8. The van der Waals surface area contributed by atoms with Gasteiger partial charge in [-0.05, 0) is 321 Å². The van der Waals surface area contributed by atoms with Gasteiger partial charge in [0, 0.05) is 167 Å². The first kappa shape index (κ1) is 101. The summed E-state index contributed by atoms with van der Waals surface area (Å²) in [4.78, 5) is 138. The summed E-state index contributed by atoms with van der Waals surface area (Å²) < 4.78 is 12.1. The van der Waals surface area contributed by atoms with Crippen LogP contribution < -0.4 is 14.8 Å². The molecule has 9 fully saturated rings. The molecule has 4 aromatic carbocycles. The van der Waals surface area contributed by atoms with E-state index in [0.29, 0.717) is 81.1 Å². The Balaban J connectivity index is 0.000000125. The number of para-hydroxylation sites is 2. The molecule has 9 aliphatic heterocycles. The zero-order valence-corrected chi connectivity index (χ0v) is 85.3. The Kier molecular flexibility index (Phi) is 33.6. The van der Waals surface area contributed by atoms with Crippen LogP contribution in [0.2, 0.25) is 5.02 Å². The topological polar surface area (TPSA) is 265 Å². The number of nitrogens with zero attached hydrogens (tertiary/aromatic N) is 12. The Morgan fingerprint density at radius 1 is 0.387 bits per heavy atom. The number of halogens is 1. The van der Waals surface area contributed by atoms with Crippen molar-refractivity contribution in [2.75, 3.05) is 117 Å². The second-order valence-electron chi connectivity index (χ2n) is 43.5. The minimum atomic E-state index is -0.860. The Morgan fingerprint density at radius 2 is 0.754 bits per heavy atom. The second-order valence-corrected chi connectivity index (χ2v) is 43.9. The van der Waals surface area contributed by atoms with Crippen molar-refractivity contribution in [1.82, 2.24) is 59.1 Å². The number of carboxylic acids is 1. The van der Waals surface area contributed by atoms with Crippen LogP contribution in [-0.4, -0.2) is 235 Å². The average Bonchev–Trinajstić information content (AvgIpc) is 1.07. The van der Waals surface area contributed by atoms with E-state index in [9.17, 15) is 43.5 Å². The maximum absolute atomic E-state index is 13.3. The molecular formula is C117H148ClN13O11. The van der Waals surface area contributed by atoms with Crippen molar-refractivity contribution in [1.29, 1.82) is 0 Å². The van der Waals surface area contributed by atoms with Gasteiger partial charge in [-0.1, -0.05) is 120 Å². The highest BCUT2D eigenvalue weighted by Gasteiger charge is 2.48. The first-order chi connectivity index (χ1) is 68.9. The number of ketones is 3. The molecule has 13 heterocycles. The number of carbonyl (C=O) groups excluding carboxylic acids is 7. The largest absolute Gasteiger partial charge is 0.491 e. The van der Waals surface area contributed by atoms with Crippen molar-refractivity contribution < 1.29 is 52.9 Å². The molecule has 4 unspecified atom stereocenters. The minimum absolute atomic E-state index is 0.0165. The number of carbonyl (C=O) groups is 8. The van der Waals surface area contributed by atoms with Crippen LogP contribution in [0.3, 0.4) is 0 Å². The van der Waals surface area contributed by atoms with Gasteiger partial charge in [-0.2, -0.15) is 0 Å². The number of amides is 4. The fraction of sp³-hybridized carbons (Fsp3) is 0.556. The summed E-state index contributed by atoms with van der Waals surface area (Å²) >= 11 is 6.36. The highest BCUT2D eigenvalue weighted by molar-refractivity contribution is 6.31. The standard InChI is InChI=1S/C31H39N3O3.C31H41N3O3.C28H34ClN3O2.C27H34N4O3/c1-21(35)30(27-7-3-5-9-29(27)37-26-12-13-26)34-19-24(20-34)31(36)33-16-14-22(15-17-33)18-25-11-10-23-6-2-4-8-28(23)32-25;1-21(2)37-29-11-7-5-9-27(29)30(22(3)35)34-19-25(20-34)31(36)33-17-16-23(18-33)12-14-26-15-13-24-8-4-6-10-28(24)32-26;1-19(33)27(24-7-3-4-8-25(24)29)32-17-22(18-32)28(34)31-14-12-20(13-15-31)16-23-11-10-21-6-2-5-9-26(21)30-23;1-18-4-6-20(7-5-18)24(27(33)34)31-16-22(17-31)26(32)30-13-10-19(11-14-30)15-23-9-8-21-3-2-12-28-25(21)29-23/h3,5,7,9-11,22,24,26,30H,2,4,6,8,12-20H2,1H3;5,7,9,11,13,15,21,23,25,30H,4,6,8,10,12,14,16-20H2,1-3H3;3-4,7-8,10-11,20,22,27H,2,5-6,9,12-18H2,1H3;4-9,19,22,24H,2-3,10-17H2,1H3,(H,28,29)(H,33,34)/t;23-,30?;;/m.1../s1. The lowest BCUT2D eigenvalue weighted by Gasteiger charge is -2.45. The number of anilines is 1. The molecule has 5 atom stereocenters. The number of likely N-dealkylation sites (tertiary alicyclic amines) is 8. The Morgan fingerprint density at radius 3 is 1.20 bits per heavy atom. The van der Waals surface area contributed by atoms with E-state index in [-0.39, 0.29) is 95.0 Å². The molecule has 0 radical (unpaired) electrons. The van der Waals surface area contributed by atoms with E-state index in [1.807, 2.05) is 133 Å². The van der Waals surface area contributed by atoms with Crippen molar-refractivity contribution in [3.8, 4) is 11.5 Å². The van der Waals surface area contributed by atoms with E-state index in [0.717, 1.165) is 225 Å². The second kappa shape index (κ2) is 47.0. The molecule has 4 aliphatic carbocycles. The Labute approximate surface area is 845 Å². The number of pyridine rings is 4. The lowest BCUT2D eigenvalue weighted by Crippen LogP contribution is -2.57. The number of Topliss-reactive ketones (excluding diaryl/α,β-unsaturated/α-hetero) is 3. The molecule has 24 nitrogen and oxygen atoms in total. The summed E-state index contributed by atoms with van der Waals surface area (Å²) in [6, 6.07) is 47.0. The summed E-state index contributed by atoms with van der Waals surface area (Å²) in [5, 5.41) is 13.8. The van der Waals surface area contributed by atoms with E-state index < -0.39 is 12.0 Å². The number of piperidine rings is 3. The molecule has 4 aromatic heterocycles. The van der Waals surface area contributed by atoms with Crippen LogP contribution in [0.25, 0.3) is 0 Å². The fourth-order valence-corrected chi connectivity index (χ4v) is 24.3. The molecule has 2 N–H and O–H groups in total. The van der Waals surface area contributed by atoms with Gasteiger partial charge in [-0.15, -0.1) is 0 Å². The van der Waals surface area contributed by atoms with Crippen molar-refractivity contribution in [3.63, 3.8) is 0 Å². The van der Waals surface area contributed by atoms with Gasteiger partial charge < -0.3 is 39.5 Å². The fourth-order valence-electron chi connectivity index (χ4n) is 24.1. The molecule has 25 heteroatoms. The third kappa shape index (κ3) is 25.1. The number of hydrogen-bond acceptors (Lipinski definition) is 19. The Bertz CT molecular complexity index is 5670. The van der Waals surface area contributed by atoms with Gasteiger partial charge in [0.1, 0.15) is 23.4 Å². The zero-order valence-electron chi connectivity index (χ0n) is 84.5. The number of carboxylic acid groups (broad SMARTS) is 1. The first-order valence-corrected chi connectivity index (χ1v) is 54.1. The predicted octanol–water partition coefficient (Wildman–Crippen LogP) is 17.3. The molecule has 13 aliphatic rings. The molecule has 0 bridgehead atoms. The van der Waals surface area contributed by atoms with Crippen LogP contribution in [0.1, 0.15) is 258 Å². The van der Waals surface area contributed by atoms with E-state index in [1.165, 1.54) is 121 Å².